The number of ether oxygens (including phenoxy) is 2. The Bertz CT molecular complexity index is 193. The molecule has 3 heteroatoms. The number of rotatable bonds is 9. The number of methoxy groups -OCH3 is 1. The maximum Gasteiger partial charge on any atom is 0.0488 e. The third-order valence-corrected chi connectivity index (χ3v) is 3.78. The first kappa shape index (κ1) is 15.9. The Morgan fingerprint density at radius 3 is 2.67 bits per heavy atom. The summed E-state index contributed by atoms with van der Waals surface area (Å²) >= 11 is 0. The molecule has 0 aromatic rings. The van der Waals surface area contributed by atoms with E-state index < -0.39 is 0 Å². The summed E-state index contributed by atoms with van der Waals surface area (Å²) in [5.41, 5.74) is 0. The summed E-state index contributed by atoms with van der Waals surface area (Å²) in [5, 5.41) is 3.71. The van der Waals surface area contributed by atoms with Crippen molar-refractivity contribution in [3.05, 3.63) is 0 Å². The van der Waals surface area contributed by atoms with Crippen molar-refractivity contribution in [3.63, 3.8) is 0 Å². The average Bonchev–Trinajstić information content (AvgIpc) is 2.37. The SMILES string of the molecule is CCCNC(CC(C)COC)CC1CCOCC1. The molecule has 1 saturated heterocycles. The van der Waals surface area contributed by atoms with Crippen LogP contribution in [0.15, 0.2) is 0 Å². The molecular formula is C15H31NO2. The van der Waals surface area contributed by atoms with Crippen LogP contribution in [0, 0.1) is 11.8 Å². The monoisotopic (exact) mass is 257 g/mol. The summed E-state index contributed by atoms with van der Waals surface area (Å²) in [6, 6.07) is 0.651. The van der Waals surface area contributed by atoms with Gasteiger partial charge in [0.05, 0.1) is 0 Å². The Morgan fingerprint density at radius 1 is 1.33 bits per heavy atom. The highest BCUT2D eigenvalue weighted by molar-refractivity contribution is 4.75. The normalized spacial score (nSPS) is 20.8. The van der Waals surface area contributed by atoms with E-state index in [1.54, 1.807) is 7.11 Å². The predicted octanol–water partition coefficient (Wildman–Crippen LogP) is 2.84. The molecule has 0 aliphatic carbocycles. The van der Waals surface area contributed by atoms with Crippen LogP contribution in [0.3, 0.4) is 0 Å². The molecule has 1 aliphatic rings. The molecule has 1 heterocycles. The molecule has 0 bridgehead atoms. The van der Waals surface area contributed by atoms with Crippen LogP contribution < -0.4 is 5.32 Å². The highest BCUT2D eigenvalue weighted by Gasteiger charge is 2.20. The van der Waals surface area contributed by atoms with Crippen molar-refractivity contribution in [2.24, 2.45) is 11.8 Å². The third-order valence-electron chi connectivity index (χ3n) is 3.78. The largest absolute Gasteiger partial charge is 0.384 e. The molecule has 0 aromatic carbocycles. The molecule has 0 aromatic heterocycles. The van der Waals surface area contributed by atoms with Gasteiger partial charge in [0.1, 0.15) is 0 Å². The Balaban J connectivity index is 2.33. The molecular weight excluding hydrogens is 226 g/mol. The van der Waals surface area contributed by atoms with Crippen LogP contribution in [0.1, 0.15) is 46.0 Å². The summed E-state index contributed by atoms with van der Waals surface area (Å²) in [6.45, 7) is 8.44. The van der Waals surface area contributed by atoms with Gasteiger partial charge in [-0.2, -0.15) is 0 Å². The summed E-state index contributed by atoms with van der Waals surface area (Å²) in [5.74, 6) is 1.49. The zero-order valence-electron chi connectivity index (χ0n) is 12.4. The summed E-state index contributed by atoms with van der Waals surface area (Å²) < 4.78 is 10.7. The van der Waals surface area contributed by atoms with Crippen molar-refractivity contribution in [1.82, 2.24) is 5.32 Å². The molecule has 108 valence electrons. The zero-order chi connectivity index (χ0) is 13.2. The fraction of sp³-hybridized carbons (Fsp3) is 1.00. The second-order valence-electron chi connectivity index (χ2n) is 5.74. The van der Waals surface area contributed by atoms with Crippen molar-refractivity contribution in [3.8, 4) is 0 Å². The molecule has 18 heavy (non-hydrogen) atoms. The van der Waals surface area contributed by atoms with Crippen LogP contribution in [0.2, 0.25) is 0 Å². The number of nitrogens with one attached hydrogen (secondary N) is 1. The molecule has 0 amide bonds. The second kappa shape index (κ2) is 9.76. The summed E-state index contributed by atoms with van der Waals surface area (Å²) in [6.07, 6.45) is 6.22. The Morgan fingerprint density at radius 2 is 2.06 bits per heavy atom. The van der Waals surface area contributed by atoms with Gasteiger partial charge < -0.3 is 14.8 Å². The van der Waals surface area contributed by atoms with Crippen molar-refractivity contribution in [2.45, 2.75) is 52.0 Å². The topological polar surface area (TPSA) is 30.5 Å². The van der Waals surface area contributed by atoms with Crippen LogP contribution in [-0.2, 0) is 9.47 Å². The zero-order valence-corrected chi connectivity index (χ0v) is 12.4. The first-order valence-electron chi connectivity index (χ1n) is 7.56. The van der Waals surface area contributed by atoms with Crippen LogP contribution in [0.25, 0.3) is 0 Å². The Labute approximate surface area is 113 Å². The molecule has 1 rings (SSSR count). The van der Waals surface area contributed by atoms with E-state index in [-0.39, 0.29) is 0 Å². The van der Waals surface area contributed by atoms with E-state index in [9.17, 15) is 0 Å². The minimum absolute atomic E-state index is 0.643. The van der Waals surface area contributed by atoms with Gasteiger partial charge >= 0.3 is 0 Å². The van der Waals surface area contributed by atoms with Crippen molar-refractivity contribution in [1.29, 1.82) is 0 Å². The summed E-state index contributed by atoms with van der Waals surface area (Å²) in [7, 11) is 1.80. The predicted molar refractivity (Wildman–Crippen MR) is 75.9 cm³/mol. The standard InChI is InChI=1S/C15H31NO2/c1-4-7-16-15(10-13(2)12-17-3)11-14-5-8-18-9-6-14/h13-16H,4-12H2,1-3H3. The van der Waals surface area contributed by atoms with Gasteiger partial charge in [-0.1, -0.05) is 13.8 Å². The maximum atomic E-state index is 5.44. The quantitative estimate of drug-likeness (QED) is 0.689. The lowest BCUT2D eigenvalue weighted by atomic mass is 9.88. The van der Waals surface area contributed by atoms with Gasteiger partial charge in [-0.3, -0.25) is 0 Å². The van der Waals surface area contributed by atoms with E-state index in [0.717, 1.165) is 32.3 Å². The maximum absolute atomic E-state index is 5.44. The van der Waals surface area contributed by atoms with Crippen LogP contribution in [-0.4, -0.2) is 39.5 Å². The van der Waals surface area contributed by atoms with Crippen LogP contribution in [0.4, 0.5) is 0 Å². The van der Waals surface area contributed by atoms with Crippen LogP contribution >= 0.6 is 0 Å². The first-order chi connectivity index (χ1) is 8.76. The third kappa shape index (κ3) is 6.72. The lowest BCUT2D eigenvalue weighted by Crippen LogP contribution is -2.35. The van der Waals surface area contributed by atoms with Crippen LogP contribution in [0.5, 0.6) is 0 Å². The smallest absolute Gasteiger partial charge is 0.0488 e. The highest BCUT2D eigenvalue weighted by Crippen LogP contribution is 2.23. The van der Waals surface area contributed by atoms with Gasteiger partial charge in [0.25, 0.3) is 0 Å². The molecule has 0 saturated carbocycles. The molecule has 0 spiro atoms. The van der Waals surface area contributed by atoms with E-state index in [4.69, 9.17) is 9.47 Å². The summed E-state index contributed by atoms with van der Waals surface area (Å²) in [4.78, 5) is 0. The minimum atomic E-state index is 0.643. The van der Waals surface area contributed by atoms with E-state index in [1.165, 1.54) is 32.1 Å². The molecule has 1 aliphatic heterocycles. The van der Waals surface area contributed by atoms with Crippen molar-refractivity contribution >= 4 is 0 Å². The van der Waals surface area contributed by atoms with Gasteiger partial charge in [0, 0.05) is 33.0 Å². The molecule has 2 atom stereocenters. The van der Waals surface area contributed by atoms with E-state index in [0.29, 0.717) is 12.0 Å². The van der Waals surface area contributed by atoms with Gasteiger partial charge in [0.15, 0.2) is 0 Å². The average molecular weight is 257 g/mol. The van der Waals surface area contributed by atoms with E-state index in [1.807, 2.05) is 0 Å². The van der Waals surface area contributed by atoms with Gasteiger partial charge in [-0.25, -0.2) is 0 Å². The first-order valence-corrected chi connectivity index (χ1v) is 7.56. The molecule has 1 N–H and O–H groups in total. The fourth-order valence-electron chi connectivity index (χ4n) is 2.83. The fourth-order valence-corrected chi connectivity index (χ4v) is 2.83. The Kier molecular flexibility index (Phi) is 8.64. The van der Waals surface area contributed by atoms with Crippen molar-refractivity contribution < 1.29 is 9.47 Å². The van der Waals surface area contributed by atoms with Gasteiger partial charge in [-0.15, -0.1) is 0 Å². The lowest BCUT2D eigenvalue weighted by Gasteiger charge is -2.29. The minimum Gasteiger partial charge on any atom is -0.384 e. The molecule has 2 unspecified atom stereocenters. The highest BCUT2D eigenvalue weighted by atomic mass is 16.5. The number of hydrogen-bond acceptors (Lipinski definition) is 3. The number of hydrogen-bond donors (Lipinski definition) is 1. The Hall–Kier alpha value is -0.120. The molecule has 3 nitrogen and oxygen atoms in total. The van der Waals surface area contributed by atoms with E-state index in [2.05, 4.69) is 19.2 Å². The lowest BCUT2D eigenvalue weighted by molar-refractivity contribution is 0.0585. The second-order valence-corrected chi connectivity index (χ2v) is 5.74. The molecule has 1 fully saturated rings. The van der Waals surface area contributed by atoms with Crippen molar-refractivity contribution in [2.75, 3.05) is 33.5 Å². The van der Waals surface area contributed by atoms with E-state index >= 15 is 0 Å². The molecule has 0 radical (unpaired) electrons. The van der Waals surface area contributed by atoms with Gasteiger partial charge in [-0.05, 0) is 50.5 Å². The van der Waals surface area contributed by atoms with Gasteiger partial charge in [0.2, 0.25) is 0 Å².